The van der Waals surface area contributed by atoms with E-state index in [1.807, 2.05) is 19.1 Å². The van der Waals surface area contributed by atoms with E-state index in [4.69, 9.17) is 40.2 Å². The van der Waals surface area contributed by atoms with Gasteiger partial charge in [-0.25, -0.2) is 0 Å². The molecule has 0 heterocycles. The van der Waals surface area contributed by atoms with Gasteiger partial charge >= 0.3 is 0 Å². The standard InChI is InChI=1S/C14H20Cl2N2OS/c1-2-19-9-3-7-17-14(20)18-8-6-11-4-5-12(15)10-13(11)16/h4-5,10H,2-3,6-9H2,1H3,(H2,17,18,20). The highest BCUT2D eigenvalue weighted by molar-refractivity contribution is 7.80. The Morgan fingerprint density at radius 1 is 1.25 bits per heavy atom. The number of benzene rings is 1. The average molecular weight is 335 g/mol. The molecule has 0 unspecified atom stereocenters. The molecule has 0 bridgehead atoms. The minimum atomic E-state index is 0.651. The average Bonchev–Trinajstić information content (AvgIpc) is 2.41. The Bertz CT molecular complexity index is 430. The summed E-state index contributed by atoms with van der Waals surface area (Å²) in [6.07, 6.45) is 1.75. The van der Waals surface area contributed by atoms with Gasteiger partial charge in [0.05, 0.1) is 0 Å². The van der Waals surface area contributed by atoms with Crippen LogP contribution in [0.5, 0.6) is 0 Å². The van der Waals surface area contributed by atoms with E-state index >= 15 is 0 Å². The molecule has 2 N–H and O–H groups in total. The number of nitrogens with one attached hydrogen (secondary N) is 2. The molecule has 0 aliphatic heterocycles. The van der Waals surface area contributed by atoms with Crippen molar-refractivity contribution in [3.05, 3.63) is 33.8 Å². The van der Waals surface area contributed by atoms with Crippen molar-refractivity contribution in [3.8, 4) is 0 Å². The molecule has 0 atom stereocenters. The normalized spacial score (nSPS) is 10.3. The smallest absolute Gasteiger partial charge is 0.166 e. The first kappa shape index (κ1) is 17.5. The zero-order valence-electron chi connectivity index (χ0n) is 11.5. The quantitative estimate of drug-likeness (QED) is 0.563. The molecule has 0 aromatic heterocycles. The molecule has 6 heteroatoms. The molecule has 0 radical (unpaired) electrons. The SMILES string of the molecule is CCOCCCNC(=S)NCCc1ccc(Cl)cc1Cl. The Balaban J connectivity index is 2.15. The minimum Gasteiger partial charge on any atom is -0.382 e. The van der Waals surface area contributed by atoms with E-state index in [0.29, 0.717) is 15.2 Å². The van der Waals surface area contributed by atoms with E-state index in [1.54, 1.807) is 6.07 Å². The first-order valence-electron chi connectivity index (χ1n) is 6.67. The van der Waals surface area contributed by atoms with Crippen LogP contribution in [0.4, 0.5) is 0 Å². The highest BCUT2D eigenvalue weighted by atomic mass is 35.5. The van der Waals surface area contributed by atoms with E-state index in [2.05, 4.69) is 10.6 Å². The summed E-state index contributed by atoms with van der Waals surface area (Å²) < 4.78 is 5.25. The second-order valence-electron chi connectivity index (χ2n) is 4.22. The molecule has 0 saturated carbocycles. The molecule has 1 aromatic rings. The van der Waals surface area contributed by atoms with Crippen LogP contribution in [-0.4, -0.2) is 31.4 Å². The van der Waals surface area contributed by atoms with Gasteiger partial charge in [0.25, 0.3) is 0 Å². The zero-order valence-corrected chi connectivity index (χ0v) is 13.9. The molecular formula is C14H20Cl2N2OS. The van der Waals surface area contributed by atoms with Crippen LogP contribution in [0.2, 0.25) is 10.0 Å². The summed E-state index contributed by atoms with van der Waals surface area (Å²) in [7, 11) is 0. The summed E-state index contributed by atoms with van der Waals surface area (Å²) in [5, 5.41) is 8.29. The first-order chi connectivity index (χ1) is 9.63. The molecule has 20 heavy (non-hydrogen) atoms. The van der Waals surface area contributed by atoms with Crippen molar-refractivity contribution in [3.63, 3.8) is 0 Å². The summed E-state index contributed by atoms with van der Waals surface area (Å²) in [6.45, 7) is 5.05. The molecule has 0 saturated heterocycles. The lowest BCUT2D eigenvalue weighted by Crippen LogP contribution is -2.37. The molecule has 0 spiro atoms. The molecular weight excluding hydrogens is 315 g/mol. The summed E-state index contributed by atoms with van der Waals surface area (Å²) in [5.41, 5.74) is 1.06. The number of rotatable bonds is 8. The highest BCUT2D eigenvalue weighted by Crippen LogP contribution is 2.20. The van der Waals surface area contributed by atoms with Gasteiger partial charge in [0.2, 0.25) is 0 Å². The van der Waals surface area contributed by atoms with Crippen molar-refractivity contribution in [2.75, 3.05) is 26.3 Å². The lowest BCUT2D eigenvalue weighted by Gasteiger charge is -2.11. The Morgan fingerprint density at radius 2 is 2.00 bits per heavy atom. The Hall–Kier alpha value is -0.550. The molecule has 0 amide bonds. The third-order valence-corrected chi connectivity index (χ3v) is 3.53. The molecule has 0 aliphatic rings. The molecule has 0 aliphatic carbocycles. The fourth-order valence-corrected chi connectivity index (χ4v) is 2.33. The van der Waals surface area contributed by atoms with Crippen molar-refractivity contribution in [1.82, 2.24) is 10.6 Å². The highest BCUT2D eigenvalue weighted by Gasteiger charge is 2.01. The van der Waals surface area contributed by atoms with Crippen LogP contribution in [0.3, 0.4) is 0 Å². The van der Waals surface area contributed by atoms with Crippen LogP contribution in [0, 0.1) is 0 Å². The van der Waals surface area contributed by atoms with Crippen LogP contribution >= 0.6 is 35.4 Å². The third-order valence-electron chi connectivity index (χ3n) is 2.65. The van der Waals surface area contributed by atoms with Gasteiger partial charge in [-0.05, 0) is 49.7 Å². The summed E-state index contributed by atoms with van der Waals surface area (Å²) >= 11 is 17.1. The number of hydrogen-bond donors (Lipinski definition) is 2. The van der Waals surface area contributed by atoms with E-state index in [0.717, 1.165) is 44.7 Å². The number of ether oxygens (including phenoxy) is 1. The van der Waals surface area contributed by atoms with Gasteiger partial charge in [-0.2, -0.15) is 0 Å². The number of hydrogen-bond acceptors (Lipinski definition) is 2. The van der Waals surface area contributed by atoms with Crippen molar-refractivity contribution in [2.45, 2.75) is 19.8 Å². The monoisotopic (exact) mass is 334 g/mol. The second-order valence-corrected chi connectivity index (χ2v) is 5.47. The van der Waals surface area contributed by atoms with Gasteiger partial charge in [-0.3, -0.25) is 0 Å². The van der Waals surface area contributed by atoms with Gasteiger partial charge in [0, 0.05) is 36.3 Å². The molecule has 3 nitrogen and oxygen atoms in total. The number of thiocarbonyl (C=S) groups is 1. The van der Waals surface area contributed by atoms with E-state index in [9.17, 15) is 0 Å². The minimum absolute atomic E-state index is 0.651. The van der Waals surface area contributed by atoms with Crippen LogP contribution in [0.15, 0.2) is 18.2 Å². The first-order valence-corrected chi connectivity index (χ1v) is 7.83. The topological polar surface area (TPSA) is 33.3 Å². The van der Waals surface area contributed by atoms with Crippen molar-refractivity contribution in [2.24, 2.45) is 0 Å². The van der Waals surface area contributed by atoms with Crippen LogP contribution < -0.4 is 10.6 Å². The van der Waals surface area contributed by atoms with Crippen LogP contribution in [0.25, 0.3) is 0 Å². The van der Waals surface area contributed by atoms with Gasteiger partial charge in [-0.1, -0.05) is 29.3 Å². The predicted octanol–water partition coefficient (Wildman–Crippen LogP) is 3.43. The Kier molecular flexibility index (Phi) is 8.94. The molecule has 1 rings (SSSR count). The second kappa shape index (κ2) is 10.2. The fraction of sp³-hybridized carbons (Fsp3) is 0.500. The van der Waals surface area contributed by atoms with Crippen LogP contribution in [-0.2, 0) is 11.2 Å². The largest absolute Gasteiger partial charge is 0.382 e. The molecule has 112 valence electrons. The third kappa shape index (κ3) is 7.29. The van der Waals surface area contributed by atoms with E-state index in [1.165, 1.54) is 0 Å². The summed E-state index contributed by atoms with van der Waals surface area (Å²) in [6, 6.07) is 5.53. The Labute approximate surface area is 136 Å². The van der Waals surface area contributed by atoms with Crippen molar-refractivity contribution < 1.29 is 4.74 Å². The van der Waals surface area contributed by atoms with Crippen molar-refractivity contribution in [1.29, 1.82) is 0 Å². The predicted molar refractivity (Wildman–Crippen MR) is 89.9 cm³/mol. The van der Waals surface area contributed by atoms with Crippen molar-refractivity contribution >= 4 is 40.5 Å². The van der Waals surface area contributed by atoms with E-state index < -0.39 is 0 Å². The van der Waals surface area contributed by atoms with Gasteiger partial charge < -0.3 is 15.4 Å². The van der Waals surface area contributed by atoms with Crippen LogP contribution in [0.1, 0.15) is 18.9 Å². The van der Waals surface area contributed by atoms with Gasteiger partial charge in [0.15, 0.2) is 5.11 Å². The maximum Gasteiger partial charge on any atom is 0.166 e. The number of halogens is 2. The lowest BCUT2D eigenvalue weighted by atomic mass is 10.1. The van der Waals surface area contributed by atoms with Gasteiger partial charge in [-0.15, -0.1) is 0 Å². The maximum atomic E-state index is 6.10. The molecule has 1 aromatic carbocycles. The van der Waals surface area contributed by atoms with Gasteiger partial charge in [0.1, 0.15) is 0 Å². The lowest BCUT2D eigenvalue weighted by molar-refractivity contribution is 0.145. The summed E-state index contributed by atoms with van der Waals surface area (Å²) in [5.74, 6) is 0. The van der Waals surface area contributed by atoms with E-state index in [-0.39, 0.29) is 0 Å². The molecule has 0 fully saturated rings. The Morgan fingerprint density at radius 3 is 2.70 bits per heavy atom. The summed E-state index contributed by atoms with van der Waals surface area (Å²) in [4.78, 5) is 0. The fourth-order valence-electron chi connectivity index (χ4n) is 1.62. The zero-order chi connectivity index (χ0) is 14.8. The maximum absolute atomic E-state index is 6.10.